The van der Waals surface area contributed by atoms with Gasteiger partial charge < -0.3 is 10.1 Å². The van der Waals surface area contributed by atoms with Gasteiger partial charge in [-0.15, -0.1) is 5.92 Å². The summed E-state index contributed by atoms with van der Waals surface area (Å²) in [5, 5.41) is 3.47. The molecule has 0 fully saturated rings. The maximum atomic E-state index is 5.72. The Morgan fingerprint density at radius 2 is 2.22 bits per heavy atom. The fraction of sp³-hybridized carbons (Fsp3) is 0.467. The smallest absolute Gasteiger partial charge is 0.149 e. The number of hydrogen-bond acceptors (Lipinski definition) is 2. The molecular formula is C15H20BrNO. The van der Waals surface area contributed by atoms with Gasteiger partial charge in [-0.05, 0) is 38.9 Å². The van der Waals surface area contributed by atoms with Crippen LogP contribution < -0.4 is 10.1 Å². The number of ether oxygens (including phenoxy) is 1. The van der Waals surface area contributed by atoms with Crippen molar-refractivity contribution in [3.05, 3.63) is 28.2 Å². The zero-order valence-corrected chi connectivity index (χ0v) is 12.8. The van der Waals surface area contributed by atoms with Crippen LogP contribution in [0.2, 0.25) is 0 Å². The summed E-state index contributed by atoms with van der Waals surface area (Å²) in [7, 11) is 0. The van der Waals surface area contributed by atoms with Crippen molar-refractivity contribution in [1.82, 2.24) is 5.32 Å². The first-order valence-corrected chi connectivity index (χ1v) is 7.03. The summed E-state index contributed by atoms with van der Waals surface area (Å²) >= 11 is 3.47. The van der Waals surface area contributed by atoms with Gasteiger partial charge in [-0.1, -0.05) is 34.8 Å². The van der Waals surface area contributed by atoms with E-state index in [4.69, 9.17) is 4.74 Å². The van der Waals surface area contributed by atoms with Crippen LogP contribution in [0.3, 0.4) is 0 Å². The van der Waals surface area contributed by atoms with Crippen molar-refractivity contribution in [1.29, 1.82) is 0 Å². The Hall–Kier alpha value is -0.980. The lowest BCUT2D eigenvalue weighted by Gasteiger charge is -2.17. The van der Waals surface area contributed by atoms with E-state index < -0.39 is 0 Å². The molecule has 1 N–H and O–H groups in total. The van der Waals surface area contributed by atoms with E-state index in [1.807, 2.05) is 19.1 Å². The van der Waals surface area contributed by atoms with Gasteiger partial charge in [0.2, 0.25) is 0 Å². The van der Waals surface area contributed by atoms with E-state index in [9.17, 15) is 0 Å². The molecular weight excluding hydrogens is 290 g/mol. The highest BCUT2D eigenvalue weighted by Gasteiger charge is 2.11. The Labute approximate surface area is 118 Å². The fourth-order valence-corrected chi connectivity index (χ4v) is 1.99. The highest BCUT2D eigenvalue weighted by atomic mass is 79.9. The molecule has 0 saturated carbocycles. The summed E-state index contributed by atoms with van der Waals surface area (Å²) in [5.74, 6) is 6.64. The maximum absolute atomic E-state index is 5.72. The molecule has 0 amide bonds. The van der Waals surface area contributed by atoms with Crippen molar-refractivity contribution in [2.24, 2.45) is 0 Å². The first-order valence-electron chi connectivity index (χ1n) is 6.24. The van der Waals surface area contributed by atoms with E-state index in [1.54, 1.807) is 0 Å². The number of nitrogens with one attached hydrogen (secondary N) is 1. The topological polar surface area (TPSA) is 21.3 Å². The molecule has 0 aliphatic rings. The van der Waals surface area contributed by atoms with Crippen LogP contribution in [0.5, 0.6) is 5.75 Å². The van der Waals surface area contributed by atoms with Crippen LogP contribution in [0, 0.1) is 11.8 Å². The quantitative estimate of drug-likeness (QED) is 0.804. The van der Waals surface area contributed by atoms with E-state index in [-0.39, 0.29) is 6.04 Å². The van der Waals surface area contributed by atoms with Crippen molar-refractivity contribution < 1.29 is 4.74 Å². The van der Waals surface area contributed by atoms with E-state index in [2.05, 4.69) is 53.0 Å². The van der Waals surface area contributed by atoms with Gasteiger partial charge in [0.15, 0.2) is 0 Å². The number of rotatable bonds is 6. The molecule has 0 aliphatic carbocycles. The van der Waals surface area contributed by atoms with E-state index in [0.717, 1.165) is 23.2 Å². The SMILES string of the molecule is CC#CCOc1cc(Br)ccc1C(C)NCCC. The summed E-state index contributed by atoms with van der Waals surface area (Å²) in [6, 6.07) is 6.41. The standard InChI is InChI=1S/C15H20BrNO/c1-4-6-10-18-15-11-13(16)7-8-14(15)12(3)17-9-5-2/h7-8,11-12,17H,5,9-10H2,1-3H3. The largest absolute Gasteiger partial charge is 0.481 e. The van der Waals surface area contributed by atoms with Crippen molar-refractivity contribution in [2.75, 3.05) is 13.2 Å². The molecule has 1 aromatic carbocycles. The van der Waals surface area contributed by atoms with Crippen LogP contribution >= 0.6 is 15.9 Å². The van der Waals surface area contributed by atoms with Crippen molar-refractivity contribution in [3.63, 3.8) is 0 Å². The summed E-state index contributed by atoms with van der Waals surface area (Å²) in [5.41, 5.74) is 1.17. The average molecular weight is 310 g/mol. The zero-order valence-electron chi connectivity index (χ0n) is 11.2. The monoisotopic (exact) mass is 309 g/mol. The Morgan fingerprint density at radius 3 is 2.89 bits per heavy atom. The predicted molar refractivity (Wildman–Crippen MR) is 79.8 cm³/mol. The Kier molecular flexibility index (Phi) is 6.85. The van der Waals surface area contributed by atoms with Gasteiger partial charge >= 0.3 is 0 Å². The first-order chi connectivity index (χ1) is 8.69. The lowest BCUT2D eigenvalue weighted by molar-refractivity contribution is 0.360. The second-order valence-corrected chi connectivity index (χ2v) is 4.99. The molecule has 0 saturated heterocycles. The highest BCUT2D eigenvalue weighted by molar-refractivity contribution is 9.10. The summed E-state index contributed by atoms with van der Waals surface area (Å²) in [6.45, 7) is 7.56. The van der Waals surface area contributed by atoms with Gasteiger partial charge in [0.1, 0.15) is 12.4 Å². The predicted octanol–water partition coefficient (Wildman–Crippen LogP) is 3.91. The van der Waals surface area contributed by atoms with Gasteiger partial charge in [-0.3, -0.25) is 0 Å². The Balaban J connectivity index is 2.83. The molecule has 1 atom stereocenters. The van der Waals surface area contributed by atoms with Crippen LogP contribution in [-0.4, -0.2) is 13.2 Å². The van der Waals surface area contributed by atoms with Crippen LogP contribution in [0.1, 0.15) is 38.8 Å². The minimum Gasteiger partial charge on any atom is -0.481 e. The van der Waals surface area contributed by atoms with Crippen molar-refractivity contribution >= 4 is 15.9 Å². The summed E-state index contributed by atoms with van der Waals surface area (Å²) in [4.78, 5) is 0. The van der Waals surface area contributed by atoms with Gasteiger partial charge in [0.05, 0.1) is 0 Å². The van der Waals surface area contributed by atoms with E-state index in [0.29, 0.717) is 6.61 Å². The van der Waals surface area contributed by atoms with Crippen LogP contribution in [0.4, 0.5) is 0 Å². The first kappa shape index (κ1) is 15.1. The number of hydrogen-bond donors (Lipinski definition) is 1. The normalized spacial score (nSPS) is 11.6. The second-order valence-electron chi connectivity index (χ2n) is 4.07. The molecule has 0 heterocycles. The average Bonchev–Trinajstić information content (AvgIpc) is 2.36. The molecule has 18 heavy (non-hydrogen) atoms. The van der Waals surface area contributed by atoms with E-state index >= 15 is 0 Å². The Morgan fingerprint density at radius 1 is 1.44 bits per heavy atom. The van der Waals surface area contributed by atoms with Gasteiger partial charge in [-0.2, -0.15) is 0 Å². The third-order valence-electron chi connectivity index (χ3n) is 2.62. The summed E-state index contributed by atoms with van der Waals surface area (Å²) in [6.07, 6.45) is 1.12. The molecule has 3 heteroatoms. The molecule has 1 aromatic rings. The van der Waals surface area contributed by atoms with Crippen LogP contribution in [0.25, 0.3) is 0 Å². The van der Waals surface area contributed by atoms with Crippen LogP contribution in [0.15, 0.2) is 22.7 Å². The maximum Gasteiger partial charge on any atom is 0.149 e. The fourth-order valence-electron chi connectivity index (χ4n) is 1.65. The molecule has 98 valence electrons. The van der Waals surface area contributed by atoms with Gasteiger partial charge in [0, 0.05) is 16.1 Å². The molecule has 2 nitrogen and oxygen atoms in total. The molecule has 1 unspecified atom stereocenters. The lowest BCUT2D eigenvalue weighted by atomic mass is 10.1. The number of halogens is 1. The highest BCUT2D eigenvalue weighted by Crippen LogP contribution is 2.28. The Bertz CT molecular complexity index is 434. The zero-order chi connectivity index (χ0) is 13.4. The molecule has 0 spiro atoms. The third-order valence-corrected chi connectivity index (χ3v) is 3.11. The lowest BCUT2D eigenvalue weighted by Crippen LogP contribution is -2.20. The number of benzene rings is 1. The third kappa shape index (κ3) is 4.72. The second kappa shape index (κ2) is 8.18. The summed E-state index contributed by atoms with van der Waals surface area (Å²) < 4.78 is 6.74. The molecule has 1 rings (SSSR count). The van der Waals surface area contributed by atoms with Gasteiger partial charge in [-0.25, -0.2) is 0 Å². The van der Waals surface area contributed by atoms with Gasteiger partial charge in [0.25, 0.3) is 0 Å². The molecule has 0 radical (unpaired) electrons. The molecule has 0 aliphatic heterocycles. The van der Waals surface area contributed by atoms with Crippen molar-refractivity contribution in [3.8, 4) is 17.6 Å². The molecule has 0 bridgehead atoms. The van der Waals surface area contributed by atoms with Crippen LogP contribution in [-0.2, 0) is 0 Å². The molecule has 0 aromatic heterocycles. The minimum atomic E-state index is 0.280. The van der Waals surface area contributed by atoms with E-state index in [1.165, 1.54) is 5.56 Å². The minimum absolute atomic E-state index is 0.280. The van der Waals surface area contributed by atoms with Crippen molar-refractivity contribution in [2.45, 2.75) is 33.2 Å².